The summed E-state index contributed by atoms with van der Waals surface area (Å²) >= 11 is 0. The van der Waals surface area contributed by atoms with E-state index in [4.69, 9.17) is 6.42 Å². The number of hydrogen-bond donors (Lipinski definition) is 1. The molecular weight excluding hydrogens is 169 g/mol. The van der Waals surface area contributed by atoms with Crippen molar-refractivity contribution in [2.45, 2.75) is 18.9 Å². The maximum Gasteiger partial charge on any atom is 0.141 e. The first-order chi connectivity index (χ1) is 6.06. The number of aromatic nitrogens is 1. The lowest BCUT2D eigenvalue weighted by Crippen LogP contribution is -2.21. The minimum atomic E-state index is -1.18. The number of hydrogen-bond acceptors (Lipinski definition) is 2. The standard InChI is InChI=1S/C10H10FNO/c1-3-6-10(2,13)9-5-4-8(11)7-12-9/h1,4-5,7,13H,6H2,2H3. The molecule has 1 atom stereocenters. The highest BCUT2D eigenvalue weighted by Crippen LogP contribution is 2.21. The Kier molecular flexibility index (Phi) is 2.64. The molecule has 1 rings (SSSR count). The van der Waals surface area contributed by atoms with Crippen molar-refractivity contribution in [3.8, 4) is 12.3 Å². The third kappa shape index (κ3) is 2.27. The van der Waals surface area contributed by atoms with Crippen molar-refractivity contribution in [3.63, 3.8) is 0 Å². The molecule has 68 valence electrons. The van der Waals surface area contributed by atoms with Crippen molar-refractivity contribution < 1.29 is 9.50 Å². The summed E-state index contributed by atoms with van der Waals surface area (Å²) < 4.78 is 12.5. The fraction of sp³-hybridized carbons (Fsp3) is 0.300. The van der Waals surface area contributed by atoms with Gasteiger partial charge in [-0.05, 0) is 19.1 Å². The highest BCUT2D eigenvalue weighted by molar-refractivity contribution is 5.15. The van der Waals surface area contributed by atoms with Gasteiger partial charge < -0.3 is 5.11 Å². The second-order valence-electron chi connectivity index (χ2n) is 3.02. The summed E-state index contributed by atoms with van der Waals surface area (Å²) in [4.78, 5) is 3.75. The van der Waals surface area contributed by atoms with Gasteiger partial charge in [-0.15, -0.1) is 12.3 Å². The summed E-state index contributed by atoms with van der Waals surface area (Å²) in [5.41, 5.74) is -0.797. The van der Waals surface area contributed by atoms with Crippen LogP contribution in [0.2, 0.25) is 0 Å². The molecule has 0 radical (unpaired) electrons. The van der Waals surface area contributed by atoms with Gasteiger partial charge in [-0.25, -0.2) is 4.39 Å². The molecule has 1 aromatic heterocycles. The number of nitrogens with zero attached hydrogens (tertiary/aromatic N) is 1. The van der Waals surface area contributed by atoms with Gasteiger partial charge in [0.2, 0.25) is 0 Å². The molecule has 0 amide bonds. The largest absolute Gasteiger partial charge is 0.383 e. The quantitative estimate of drug-likeness (QED) is 0.697. The van der Waals surface area contributed by atoms with Crippen LogP contribution < -0.4 is 0 Å². The first-order valence-corrected chi connectivity index (χ1v) is 3.84. The zero-order valence-electron chi connectivity index (χ0n) is 7.29. The van der Waals surface area contributed by atoms with Gasteiger partial charge in [0, 0.05) is 6.42 Å². The first kappa shape index (κ1) is 9.69. The SMILES string of the molecule is C#CCC(C)(O)c1ccc(F)cn1. The Bertz CT molecular complexity index is 324. The molecule has 0 spiro atoms. The molecule has 0 saturated carbocycles. The zero-order chi connectivity index (χ0) is 9.90. The van der Waals surface area contributed by atoms with E-state index in [2.05, 4.69) is 10.9 Å². The van der Waals surface area contributed by atoms with Crippen molar-refractivity contribution in [2.75, 3.05) is 0 Å². The fourth-order valence-electron chi connectivity index (χ4n) is 0.984. The predicted octanol–water partition coefficient (Wildman–Crippen LogP) is 1.45. The summed E-state index contributed by atoms with van der Waals surface area (Å²) in [6.45, 7) is 1.55. The molecule has 0 aliphatic carbocycles. The molecule has 13 heavy (non-hydrogen) atoms. The van der Waals surface area contributed by atoms with Crippen molar-refractivity contribution >= 4 is 0 Å². The number of terminal acetylenes is 1. The number of pyridine rings is 1. The second kappa shape index (κ2) is 3.55. The van der Waals surface area contributed by atoms with Crippen molar-refractivity contribution in [2.24, 2.45) is 0 Å². The molecule has 1 aromatic rings. The highest BCUT2D eigenvalue weighted by atomic mass is 19.1. The lowest BCUT2D eigenvalue weighted by Gasteiger charge is -2.19. The molecule has 2 nitrogen and oxygen atoms in total. The van der Waals surface area contributed by atoms with Gasteiger partial charge in [-0.3, -0.25) is 4.98 Å². The molecule has 0 fully saturated rings. The molecule has 0 aliphatic heterocycles. The van der Waals surface area contributed by atoms with Crippen LogP contribution in [0.4, 0.5) is 4.39 Å². The normalized spacial score (nSPS) is 14.6. The Morgan fingerprint density at radius 1 is 1.69 bits per heavy atom. The molecule has 1 unspecified atom stereocenters. The van der Waals surface area contributed by atoms with Gasteiger partial charge in [-0.1, -0.05) is 0 Å². The van der Waals surface area contributed by atoms with Crippen LogP contribution in [0.5, 0.6) is 0 Å². The molecule has 0 bridgehead atoms. The van der Waals surface area contributed by atoms with E-state index in [0.717, 1.165) is 6.20 Å². The molecule has 1 N–H and O–H groups in total. The van der Waals surface area contributed by atoms with Crippen molar-refractivity contribution in [3.05, 3.63) is 29.8 Å². The van der Waals surface area contributed by atoms with Crippen LogP contribution in [0, 0.1) is 18.2 Å². The summed E-state index contributed by atoms with van der Waals surface area (Å²) in [7, 11) is 0. The molecular formula is C10H10FNO. The number of aliphatic hydroxyl groups is 1. The van der Waals surface area contributed by atoms with Crippen LogP contribution in [-0.2, 0) is 5.60 Å². The van der Waals surface area contributed by atoms with Crippen LogP contribution in [0.1, 0.15) is 19.0 Å². The van der Waals surface area contributed by atoms with Crippen LogP contribution in [-0.4, -0.2) is 10.1 Å². The molecule has 0 saturated heterocycles. The van der Waals surface area contributed by atoms with Gasteiger partial charge >= 0.3 is 0 Å². The Hall–Kier alpha value is -1.40. The maximum absolute atomic E-state index is 12.5. The average molecular weight is 179 g/mol. The molecule has 0 aliphatic rings. The van der Waals surface area contributed by atoms with E-state index >= 15 is 0 Å². The summed E-state index contributed by atoms with van der Waals surface area (Å²) in [5.74, 6) is 1.91. The van der Waals surface area contributed by atoms with E-state index in [9.17, 15) is 9.50 Å². The van der Waals surface area contributed by atoms with Crippen molar-refractivity contribution in [1.82, 2.24) is 4.98 Å². The van der Waals surface area contributed by atoms with E-state index in [-0.39, 0.29) is 6.42 Å². The predicted molar refractivity (Wildman–Crippen MR) is 47.2 cm³/mol. The summed E-state index contributed by atoms with van der Waals surface area (Å²) in [6, 6.07) is 2.67. The van der Waals surface area contributed by atoms with Gasteiger partial charge in [0.05, 0.1) is 11.9 Å². The Balaban J connectivity index is 2.95. The van der Waals surface area contributed by atoms with E-state index in [0.29, 0.717) is 5.69 Å². The first-order valence-electron chi connectivity index (χ1n) is 3.84. The molecule has 3 heteroatoms. The van der Waals surface area contributed by atoms with Crippen LogP contribution in [0.3, 0.4) is 0 Å². The van der Waals surface area contributed by atoms with E-state index < -0.39 is 11.4 Å². The maximum atomic E-state index is 12.5. The zero-order valence-corrected chi connectivity index (χ0v) is 7.29. The van der Waals surface area contributed by atoms with E-state index in [1.165, 1.54) is 12.1 Å². The Morgan fingerprint density at radius 3 is 2.85 bits per heavy atom. The number of halogens is 1. The van der Waals surface area contributed by atoms with Gasteiger partial charge in [0.25, 0.3) is 0 Å². The van der Waals surface area contributed by atoms with Gasteiger partial charge in [0.1, 0.15) is 11.4 Å². The minimum Gasteiger partial charge on any atom is -0.383 e. The van der Waals surface area contributed by atoms with E-state index in [1.807, 2.05) is 0 Å². The second-order valence-corrected chi connectivity index (χ2v) is 3.02. The summed E-state index contributed by atoms with van der Waals surface area (Å²) in [5, 5.41) is 9.75. The van der Waals surface area contributed by atoms with Gasteiger partial charge in [0.15, 0.2) is 0 Å². The van der Waals surface area contributed by atoms with E-state index in [1.54, 1.807) is 6.92 Å². The van der Waals surface area contributed by atoms with Crippen LogP contribution in [0.25, 0.3) is 0 Å². The lowest BCUT2D eigenvalue weighted by molar-refractivity contribution is 0.0582. The van der Waals surface area contributed by atoms with Crippen LogP contribution >= 0.6 is 0 Å². The van der Waals surface area contributed by atoms with Crippen molar-refractivity contribution in [1.29, 1.82) is 0 Å². The fourth-order valence-corrected chi connectivity index (χ4v) is 0.984. The Morgan fingerprint density at radius 2 is 2.38 bits per heavy atom. The number of rotatable bonds is 2. The third-order valence-corrected chi connectivity index (χ3v) is 1.73. The lowest BCUT2D eigenvalue weighted by atomic mass is 9.98. The smallest absolute Gasteiger partial charge is 0.141 e. The van der Waals surface area contributed by atoms with Gasteiger partial charge in [-0.2, -0.15) is 0 Å². The highest BCUT2D eigenvalue weighted by Gasteiger charge is 2.23. The average Bonchev–Trinajstić information content (AvgIpc) is 2.05. The molecule has 0 aromatic carbocycles. The van der Waals surface area contributed by atoms with Crippen LogP contribution in [0.15, 0.2) is 18.3 Å². The molecule has 1 heterocycles. The third-order valence-electron chi connectivity index (χ3n) is 1.73. The minimum absolute atomic E-state index is 0.158. The topological polar surface area (TPSA) is 33.1 Å². The monoisotopic (exact) mass is 179 g/mol. The Labute approximate surface area is 76.4 Å². The summed E-state index contributed by atoms with van der Waals surface area (Å²) in [6.07, 6.45) is 6.28.